The van der Waals surface area contributed by atoms with Gasteiger partial charge in [0.2, 0.25) is 0 Å². The number of hydrogen-bond acceptors (Lipinski definition) is 3. The molecule has 3 nitrogen and oxygen atoms in total. The summed E-state index contributed by atoms with van der Waals surface area (Å²) in [6.07, 6.45) is 3.20. The summed E-state index contributed by atoms with van der Waals surface area (Å²) in [6.45, 7) is 1.76. The number of aliphatic hydroxyl groups excluding tert-OH is 1. The minimum atomic E-state index is -0.268. The Morgan fingerprint density at radius 1 is 1.90 bits per heavy atom. The predicted molar refractivity (Wildman–Crippen MR) is 41.0 cm³/mol. The van der Waals surface area contributed by atoms with Crippen molar-refractivity contribution in [1.82, 2.24) is 9.97 Å². The Labute approximate surface area is 63.9 Å². The van der Waals surface area contributed by atoms with Crippen LogP contribution in [0.15, 0.2) is 17.6 Å². The second-order valence-electron chi connectivity index (χ2n) is 2.05. The monoisotopic (exact) mass is 158 g/mol. The van der Waals surface area contributed by atoms with E-state index in [0.29, 0.717) is 5.75 Å². The van der Waals surface area contributed by atoms with Crippen LogP contribution in [-0.2, 0) is 0 Å². The molecule has 1 heterocycles. The highest BCUT2D eigenvalue weighted by Gasteiger charge is 1.98. The summed E-state index contributed by atoms with van der Waals surface area (Å²) in [7, 11) is 0. The van der Waals surface area contributed by atoms with E-state index >= 15 is 0 Å². The van der Waals surface area contributed by atoms with E-state index < -0.39 is 0 Å². The number of rotatable bonds is 3. The zero-order valence-electron chi connectivity index (χ0n) is 5.74. The van der Waals surface area contributed by atoms with Gasteiger partial charge in [0.25, 0.3) is 0 Å². The largest absolute Gasteiger partial charge is 0.393 e. The fourth-order valence-corrected chi connectivity index (χ4v) is 1.22. The fraction of sp³-hybridized carbons (Fsp3) is 0.500. The van der Waals surface area contributed by atoms with Gasteiger partial charge >= 0.3 is 0 Å². The summed E-state index contributed by atoms with van der Waals surface area (Å²) in [4.78, 5) is 6.92. The lowest BCUT2D eigenvalue weighted by molar-refractivity contribution is 0.220. The second-order valence-corrected chi connectivity index (χ2v) is 3.06. The zero-order valence-corrected chi connectivity index (χ0v) is 6.56. The highest BCUT2D eigenvalue weighted by Crippen LogP contribution is 2.11. The van der Waals surface area contributed by atoms with Crippen molar-refractivity contribution in [3.05, 3.63) is 12.4 Å². The van der Waals surface area contributed by atoms with Gasteiger partial charge in [-0.3, -0.25) is 0 Å². The van der Waals surface area contributed by atoms with E-state index in [1.54, 1.807) is 19.3 Å². The van der Waals surface area contributed by atoms with E-state index in [4.69, 9.17) is 5.11 Å². The molecule has 0 saturated heterocycles. The molecule has 0 aliphatic heterocycles. The van der Waals surface area contributed by atoms with E-state index in [-0.39, 0.29) is 6.10 Å². The molecule has 0 bridgehead atoms. The number of aromatic amines is 1. The molecular weight excluding hydrogens is 148 g/mol. The Morgan fingerprint density at radius 3 is 3.20 bits per heavy atom. The molecule has 0 aromatic carbocycles. The summed E-state index contributed by atoms with van der Waals surface area (Å²) in [6, 6.07) is 0. The maximum absolute atomic E-state index is 8.89. The van der Waals surface area contributed by atoms with Crippen molar-refractivity contribution in [2.24, 2.45) is 0 Å². The third-order valence-corrected chi connectivity index (χ3v) is 2.08. The third-order valence-electron chi connectivity index (χ3n) is 0.934. The first-order valence-corrected chi connectivity index (χ1v) is 4.08. The van der Waals surface area contributed by atoms with Crippen LogP contribution in [0.5, 0.6) is 0 Å². The van der Waals surface area contributed by atoms with Crippen LogP contribution in [0, 0.1) is 0 Å². The number of aliphatic hydroxyl groups is 1. The van der Waals surface area contributed by atoms with Crippen molar-refractivity contribution in [1.29, 1.82) is 0 Å². The smallest absolute Gasteiger partial charge is 0.165 e. The number of imidazole rings is 1. The molecule has 4 heteroatoms. The molecule has 0 spiro atoms. The summed E-state index contributed by atoms with van der Waals surface area (Å²) >= 11 is 1.52. The Hall–Kier alpha value is -0.480. The molecule has 0 fully saturated rings. The van der Waals surface area contributed by atoms with Gasteiger partial charge in [0.1, 0.15) is 0 Å². The van der Waals surface area contributed by atoms with Gasteiger partial charge in [-0.1, -0.05) is 11.8 Å². The minimum absolute atomic E-state index is 0.268. The number of hydrogen-bond donors (Lipinski definition) is 2. The van der Waals surface area contributed by atoms with Gasteiger partial charge in [-0.25, -0.2) is 4.98 Å². The molecule has 0 aliphatic rings. The molecule has 0 amide bonds. The zero-order chi connectivity index (χ0) is 7.40. The lowest BCUT2D eigenvalue weighted by Gasteiger charge is -1.99. The topological polar surface area (TPSA) is 48.9 Å². The molecule has 1 rings (SSSR count). The predicted octanol–water partition coefficient (Wildman–Crippen LogP) is 0.883. The van der Waals surface area contributed by atoms with Gasteiger partial charge in [0.05, 0.1) is 6.10 Å². The Bertz CT molecular complexity index is 174. The van der Waals surface area contributed by atoms with Crippen molar-refractivity contribution < 1.29 is 5.11 Å². The van der Waals surface area contributed by atoms with Crippen LogP contribution in [-0.4, -0.2) is 26.9 Å². The van der Waals surface area contributed by atoms with Gasteiger partial charge in [-0.05, 0) is 6.92 Å². The highest BCUT2D eigenvalue weighted by atomic mass is 32.2. The van der Waals surface area contributed by atoms with Crippen LogP contribution in [0.3, 0.4) is 0 Å². The van der Waals surface area contributed by atoms with Crippen LogP contribution in [0.4, 0.5) is 0 Å². The molecular formula is C6H10N2OS. The molecule has 1 aromatic rings. The van der Waals surface area contributed by atoms with Crippen LogP contribution < -0.4 is 0 Å². The van der Waals surface area contributed by atoms with E-state index in [9.17, 15) is 0 Å². The molecule has 1 aromatic heterocycles. The Balaban J connectivity index is 2.28. The number of H-pyrrole nitrogens is 1. The fourth-order valence-electron chi connectivity index (χ4n) is 0.529. The second kappa shape index (κ2) is 3.63. The molecule has 56 valence electrons. The van der Waals surface area contributed by atoms with Crippen molar-refractivity contribution in [3.8, 4) is 0 Å². The summed E-state index contributed by atoms with van der Waals surface area (Å²) in [5.74, 6) is 0.688. The first kappa shape index (κ1) is 7.63. The van der Waals surface area contributed by atoms with Crippen LogP contribution in [0.25, 0.3) is 0 Å². The average Bonchev–Trinajstić information content (AvgIpc) is 2.34. The normalized spacial score (nSPS) is 13.4. The molecule has 0 aliphatic carbocycles. The maximum atomic E-state index is 8.89. The van der Waals surface area contributed by atoms with E-state index in [1.807, 2.05) is 0 Å². The molecule has 2 N–H and O–H groups in total. The number of nitrogens with one attached hydrogen (secondary N) is 1. The van der Waals surface area contributed by atoms with E-state index in [1.165, 1.54) is 11.8 Å². The van der Waals surface area contributed by atoms with Crippen molar-refractivity contribution >= 4 is 11.8 Å². The van der Waals surface area contributed by atoms with Crippen molar-refractivity contribution in [2.45, 2.75) is 18.2 Å². The summed E-state index contributed by atoms with van der Waals surface area (Å²) < 4.78 is 0. The van der Waals surface area contributed by atoms with Gasteiger partial charge in [-0.2, -0.15) is 0 Å². The quantitative estimate of drug-likeness (QED) is 0.642. The van der Waals surface area contributed by atoms with E-state index in [0.717, 1.165) is 5.16 Å². The molecule has 1 atom stereocenters. The standard InChI is InChI=1S/C6H10N2OS/c1-5(9)4-10-6-7-2-3-8-6/h2-3,5,9H,4H2,1H3,(H,7,8). The van der Waals surface area contributed by atoms with Crippen molar-refractivity contribution in [3.63, 3.8) is 0 Å². The van der Waals surface area contributed by atoms with E-state index in [2.05, 4.69) is 9.97 Å². The maximum Gasteiger partial charge on any atom is 0.165 e. The highest BCUT2D eigenvalue weighted by molar-refractivity contribution is 7.99. The van der Waals surface area contributed by atoms with Gasteiger partial charge in [0, 0.05) is 18.1 Å². The van der Waals surface area contributed by atoms with Crippen molar-refractivity contribution in [2.75, 3.05) is 5.75 Å². The van der Waals surface area contributed by atoms with Crippen LogP contribution in [0.1, 0.15) is 6.92 Å². The first-order chi connectivity index (χ1) is 4.79. The molecule has 0 radical (unpaired) electrons. The summed E-state index contributed by atoms with van der Waals surface area (Å²) in [5, 5.41) is 9.75. The van der Waals surface area contributed by atoms with Crippen LogP contribution >= 0.6 is 11.8 Å². The molecule has 0 saturated carbocycles. The third kappa shape index (κ3) is 2.41. The molecule has 10 heavy (non-hydrogen) atoms. The number of aromatic nitrogens is 2. The van der Waals surface area contributed by atoms with Gasteiger partial charge in [0.15, 0.2) is 5.16 Å². The minimum Gasteiger partial charge on any atom is -0.393 e. The molecule has 1 unspecified atom stereocenters. The number of nitrogens with zero attached hydrogens (tertiary/aromatic N) is 1. The van der Waals surface area contributed by atoms with Gasteiger partial charge in [-0.15, -0.1) is 0 Å². The first-order valence-electron chi connectivity index (χ1n) is 3.09. The average molecular weight is 158 g/mol. The Kier molecular flexibility index (Phi) is 2.77. The number of thioether (sulfide) groups is 1. The van der Waals surface area contributed by atoms with Crippen LogP contribution in [0.2, 0.25) is 0 Å². The lowest BCUT2D eigenvalue weighted by Crippen LogP contribution is -2.02. The SMILES string of the molecule is CC(O)CSc1ncc[nH]1. The Morgan fingerprint density at radius 2 is 2.70 bits per heavy atom. The summed E-state index contributed by atoms with van der Waals surface area (Å²) in [5.41, 5.74) is 0. The lowest BCUT2D eigenvalue weighted by atomic mass is 10.5. The van der Waals surface area contributed by atoms with Gasteiger partial charge < -0.3 is 10.1 Å².